The van der Waals surface area contributed by atoms with Crippen LogP contribution < -0.4 is 0 Å². The third kappa shape index (κ3) is 3.33. The summed E-state index contributed by atoms with van der Waals surface area (Å²) in [6.07, 6.45) is 0.792. The van der Waals surface area contributed by atoms with Crippen LogP contribution in [0, 0.1) is 19.8 Å². The van der Waals surface area contributed by atoms with Crippen molar-refractivity contribution in [3.63, 3.8) is 0 Å². The maximum atomic E-state index is 12.9. The number of carbonyl (C=O) groups excluding carboxylic acids is 1. The van der Waals surface area contributed by atoms with Gasteiger partial charge in [0, 0.05) is 37.1 Å². The molecule has 2 unspecified atom stereocenters. The Hall–Kier alpha value is -1.90. The summed E-state index contributed by atoms with van der Waals surface area (Å²) in [6, 6.07) is 7.62. The number of carbonyl (C=O) groups is 1. The number of amides is 1. The molecule has 1 aromatic heterocycles. The number of piperazine rings is 1. The van der Waals surface area contributed by atoms with Crippen LogP contribution in [0.25, 0.3) is 0 Å². The molecule has 1 aliphatic carbocycles. The number of nitrogens with zero attached hydrogens (tertiary/aromatic N) is 3. The Morgan fingerprint density at radius 1 is 1.18 bits per heavy atom. The largest absolute Gasteiger partial charge is 0.360 e. The van der Waals surface area contributed by atoms with Gasteiger partial charge in [-0.25, -0.2) is 8.42 Å². The summed E-state index contributed by atoms with van der Waals surface area (Å²) >= 11 is 6.25. The van der Waals surface area contributed by atoms with Gasteiger partial charge < -0.3 is 9.42 Å². The van der Waals surface area contributed by atoms with Crippen molar-refractivity contribution in [1.82, 2.24) is 14.4 Å². The molecule has 1 aliphatic heterocycles. The first kappa shape index (κ1) is 19.4. The second kappa shape index (κ2) is 7.17. The Kier molecular flexibility index (Phi) is 4.97. The molecule has 2 atom stereocenters. The molecule has 1 saturated heterocycles. The number of halogens is 1. The Bertz CT molecular complexity index is 992. The molecule has 1 aromatic carbocycles. The number of hydrogen-bond donors (Lipinski definition) is 0. The first-order valence-electron chi connectivity index (χ1n) is 9.27. The van der Waals surface area contributed by atoms with Crippen molar-refractivity contribution in [3.8, 4) is 0 Å². The third-order valence-electron chi connectivity index (χ3n) is 5.53. The minimum absolute atomic E-state index is 0.0642. The number of rotatable bonds is 4. The molecular formula is C19H22ClN3O4S. The van der Waals surface area contributed by atoms with Gasteiger partial charge in [-0.3, -0.25) is 4.79 Å². The SMILES string of the molecule is Cc1noc(C)c1S(=O)(=O)N1CCN(C(=O)C2CC2c2ccccc2Cl)CC1. The average Bonchev–Trinajstić information content (AvgIpc) is 3.39. The van der Waals surface area contributed by atoms with E-state index in [-0.39, 0.29) is 41.5 Å². The summed E-state index contributed by atoms with van der Waals surface area (Å²) in [7, 11) is -3.67. The van der Waals surface area contributed by atoms with Gasteiger partial charge in [-0.2, -0.15) is 4.31 Å². The standard InChI is InChI=1S/C19H22ClN3O4S/c1-12-18(13(2)27-21-12)28(25,26)23-9-7-22(8-10-23)19(24)16-11-15(16)14-5-3-4-6-17(14)20/h3-6,15-16H,7-11H2,1-2H3. The Morgan fingerprint density at radius 3 is 2.46 bits per heavy atom. The van der Waals surface area contributed by atoms with Gasteiger partial charge in [-0.15, -0.1) is 0 Å². The lowest BCUT2D eigenvalue weighted by Crippen LogP contribution is -2.51. The molecule has 0 radical (unpaired) electrons. The van der Waals surface area contributed by atoms with E-state index in [2.05, 4.69) is 5.16 Å². The fourth-order valence-electron chi connectivity index (χ4n) is 3.94. The molecule has 9 heteroatoms. The fourth-order valence-corrected chi connectivity index (χ4v) is 5.93. The maximum absolute atomic E-state index is 12.9. The van der Waals surface area contributed by atoms with Gasteiger partial charge in [0.1, 0.15) is 10.6 Å². The maximum Gasteiger partial charge on any atom is 0.248 e. The molecule has 0 bridgehead atoms. The van der Waals surface area contributed by atoms with Gasteiger partial charge in [-0.1, -0.05) is 35.0 Å². The first-order chi connectivity index (χ1) is 13.3. The highest BCUT2D eigenvalue weighted by atomic mass is 35.5. The normalized spacial score (nSPS) is 23.0. The Balaban J connectivity index is 1.40. The van der Waals surface area contributed by atoms with E-state index in [0.29, 0.717) is 23.8 Å². The predicted molar refractivity (Wildman–Crippen MR) is 104 cm³/mol. The summed E-state index contributed by atoms with van der Waals surface area (Å²) in [5, 5.41) is 4.43. The average molecular weight is 424 g/mol. The lowest BCUT2D eigenvalue weighted by atomic mass is 10.1. The molecule has 0 spiro atoms. The van der Waals surface area contributed by atoms with E-state index in [0.717, 1.165) is 12.0 Å². The predicted octanol–water partition coefficient (Wildman–Crippen LogP) is 2.58. The lowest BCUT2D eigenvalue weighted by molar-refractivity contribution is -0.133. The summed E-state index contributed by atoms with van der Waals surface area (Å²) in [5.74, 6) is 0.465. The molecule has 2 fully saturated rings. The van der Waals surface area contributed by atoms with Gasteiger partial charge in [0.2, 0.25) is 15.9 Å². The van der Waals surface area contributed by atoms with Gasteiger partial charge >= 0.3 is 0 Å². The van der Waals surface area contributed by atoms with Crippen LogP contribution in [-0.4, -0.2) is 54.9 Å². The van der Waals surface area contributed by atoms with E-state index in [4.69, 9.17) is 16.1 Å². The summed E-state index contributed by atoms with van der Waals surface area (Å²) < 4.78 is 32.2. The summed E-state index contributed by atoms with van der Waals surface area (Å²) in [6.45, 7) is 4.50. The Morgan fingerprint density at radius 2 is 1.86 bits per heavy atom. The smallest absolute Gasteiger partial charge is 0.248 e. The number of aromatic nitrogens is 1. The third-order valence-corrected chi connectivity index (χ3v) is 8.02. The van der Waals surface area contributed by atoms with E-state index in [1.54, 1.807) is 18.7 Å². The number of sulfonamides is 1. The van der Waals surface area contributed by atoms with Crippen LogP contribution in [0.15, 0.2) is 33.7 Å². The van der Waals surface area contributed by atoms with Crippen molar-refractivity contribution < 1.29 is 17.7 Å². The minimum Gasteiger partial charge on any atom is -0.360 e. The molecule has 2 aliphatic rings. The zero-order valence-electron chi connectivity index (χ0n) is 15.8. The lowest BCUT2D eigenvalue weighted by Gasteiger charge is -2.34. The second-order valence-electron chi connectivity index (χ2n) is 7.35. The van der Waals surface area contributed by atoms with Crippen molar-refractivity contribution >= 4 is 27.5 Å². The molecule has 1 amide bonds. The van der Waals surface area contributed by atoms with Crippen LogP contribution in [0.1, 0.15) is 29.4 Å². The van der Waals surface area contributed by atoms with E-state index in [1.165, 1.54) is 4.31 Å². The highest BCUT2D eigenvalue weighted by molar-refractivity contribution is 7.89. The quantitative estimate of drug-likeness (QED) is 0.754. The van der Waals surface area contributed by atoms with Gasteiger partial charge in [-0.05, 0) is 37.8 Å². The highest BCUT2D eigenvalue weighted by Crippen LogP contribution is 2.50. The van der Waals surface area contributed by atoms with Crippen molar-refractivity contribution in [1.29, 1.82) is 0 Å². The topological polar surface area (TPSA) is 83.7 Å². The number of hydrogen-bond acceptors (Lipinski definition) is 5. The van der Waals surface area contributed by atoms with Gasteiger partial charge in [0.25, 0.3) is 0 Å². The van der Waals surface area contributed by atoms with Crippen LogP contribution in [0.2, 0.25) is 5.02 Å². The van der Waals surface area contributed by atoms with E-state index >= 15 is 0 Å². The Labute approximate surface area is 169 Å². The molecule has 4 rings (SSSR count). The van der Waals surface area contributed by atoms with Crippen molar-refractivity contribution in [2.75, 3.05) is 26.2 Å². The van der Waals surface area contributed by atoms with Crippen molar-refractivity contribution in [3.05, 3.63) is 46.3 Å². The molecule has 150 valence electrons. The summed E-state index contributed by atoms with van der Waals surface area (Å²) in [4.78, 5) is 14.7. The van der Waals surface area contributed by atoms with Crippen LogP contribution in [0.3, 0.4) is 0 Å². The van der Waals surface area contributed by atoms with Crippen LogP contribution in [-0.2, 0) is 14.8 Å². The van der Waals surface area contributed by atoms with Gasteiger partial charge in [0.15, 0.2) is 5.76 Å². The second-order valence-corrected chi connectivity index (χ2v) is 9.63. The molecule has 0 N–H and O–H groups in total. The summed E-state index contributed by atoms with van der Waals surface area (Å²) in [5.41, 5.74) is 1.37. The van der Waals surface area contributed by atoms with Crippen molar-refractivity contribution in [2.45, 2.75) is 31.1 Å². The fraction of sp³-hybridized carbons (Fsp3) is 0.474. The molecule has 2 aromatic rings. The van der Waals surface area contributed by atoms with E-state index in [1.807, 2.05) is 24.3 Å². The van der Waals surface area contributed by atoms with Crippen molar-refractivity contribution in [2.24, 2.45) is 5.92 Å². The van der Waals surface area contributed by atoms with E-state index < -0.39 is 10.0 Å². The van der Waals surface area contributed by atoms with Gasteiger partial charge in [0.05, 0.1) is 0 Å². The zero-order chi connectivity index (χ0) is 20.1. The van der Waals surface area contributed by atoms with Crippen LogP contribution >= 0.6 is 11.6 Å². The molecule has 1 saturated carbocycles. The monoisotopic (exact) mass is 423 g/mol. The van der Waals surface area contributed by atoms with E-state index in [9.17, 15) is 13.2 Å². The first-order valence-corrected chi connectivity index (χ1v) is 11.1. The number of benzene rings is 1. The molecule has 2 heterocycles. The molecular weight excluding hydrogens is 402 g/mol. The minimum atomic E-state index is -3.67. The van der Waals surface area contributed by atoms with Crippen LogP contribution in [0.4, 0.5) is 0 Å². The number of aryl methyl sites for hydroxylation is 2. The van der Waals surface area contributed by atoms with Crippen LogP contribution in [0.5, 0.6) is 0 Å². The highest BCUT2D eigenvalue weighted by Gasteiger charge is 2.47. The molecule has 7 nitrogen and oxygen atoms in total. The molecule has 28 heavy (non-hydrogen) atoms. The zero-order valence-corrected chi connectivity index (χ0v) is 17.3.